The molecule has 0 aliphatic carbocycles. The first-order valence-electron chi connectivity index (χ1n) is 4.57. The van der Waals surface area contributed by atoms with Crippen molar-refractivity contribution in [1.29, 1.82) is 0 Å². The number of nitrogens with one attached hydrogen (secondary N) is 1. The van der Waals surface area contributed by atoms with Crippen LogP contribution in [0.3, 0.4) is 0 Å². The molecule has 1 aromatic heterocycles. The Labute approximate surface area is 83.5 Å². The minimum Gasteiger partial charge on any atom is -0.318 e. The van der Waals surface area contributed by atoms with Crippen LogP contribution in [0.4, 0.5) is 5.82 Å². The van der Waals surface area contributed by atoms with Crippen molar-refractivity contribution in [2.45, 2.75) is 25.8 Å². The van der Waals surface area contributed by atoms with E-state index in [9.17, 15) is 4.79 Å². The van der Waals surface area contributed by atoms with E-state index >= 15 is 0 Å². The third-order valence-corrected chi connectivity index (χ3v) is 2.16. The fourth-order valence-electron chi connectivity index (χ4n) is 0.856. The molecule has 1 unspecified atom stereocenters. The summed E-state index contributed by atoms with van der Waals surface area (Å²) in [6, 6.07) is 5.32. The molecule has 0 spiro atoms. The molecule has 4 heteroatoms. The minimum absolute atomic E-state index is 0.210. The standard InChI is InChI=1S/C10H15N3O/c1-3-10(2,11)9(14)13-8-6-4-5-7-12-8/h4-7H,3,11H2,1-2H3,(H,12,13,14). The van der Waals surface area contributed by atoms with Crippen molar-refractivity contribution in [3.8, 4) is 0 Å². The number of amides is 1. The Morgan fingerprint density at radius 3 is 2.86 bits per heavy atom. The van der Waals surface area contributed by atoms with Crippen molar-refractivity contribution in [3.05, 3.63) is 24.4 Å². The van der Waals surface area contributed by atoms with E-state index in [0.717, 1.165) is 0 Å². The molecule has 0 radical (unpaired) electrons. The highest BCUT2D eigenvalue weighted by atomic mass is 16.2. The van der Waals surface area contributed by atoms with Crippen molar-refractivity contribution in [3.63, 3.8) is 0 Å². The molecule has 0 fully saturated rings. The van der Waals surface area contributed by atoms with Crippen molar-refractivity contribution >= 4 is 11.7 Å². The first kappa shape index (κ1) is 10.7. The summed E-state index contributed by atoms with van der Waals surface area (Å²) in [7, 11) is 0. The van der Waals surface area contributed by atoms with Gasteiger partial charge < -0.3 is 11.1 Å². The summed E-state index contributed by atoms with van der Waals surface area (Å²) in [5.41, 5.74) is 4.93. The summed E-state index contributed by atoms with van der Waals surface area (Å²) in [6.45, 7) is 3.57. The molecule has 76 valence electrons. The van der Waals surface area contributed by atoms with Crippen LogP contribution in [0.2, 0.25) is 0 Å². The quantitative estimate of drug-likeness (QED) is 0.756. The number of nitrogens with zero attached hydrogens (tertiary/aromatic N) is 1. The van der Waals surface area contributed by atoms with Gasteiger partial charge in [-0.05, 0) is 25.5 Å². The Morgan fingerprint density at radius 1 is 1.64 bits per heavy atom. The third kappa shape index (κ3) is 2.53. The van der Waals surface area contributed by atoms with E-state index in [0.29, 0.717) is 12.2 Å². The highest BCUT2D eigenvalue weighted by molar-refractivity contribution is 5.96. The lowest BCUT2D eigenvalue weighted by atomic mass is 10.00. The lowest BCUT2D eigenvalue weighted by molar-refractivity contribution is -0.120. The van der Waals surface area contributed by atoms with Crippen LogP contribution in [0.25, 0.3) is 0 Å². The van der Waals surface area contributed by atoms with E-state index in [4.69, 9.17) is 5.73 Å². The maximum atomic E-state index is 11.6. The SMILES string of the molecule is CCC(C)(N)C(=O)Nc1ccccn1. The molecule has 0 aliphatic heterocycles. The smallest absolute Gasteiger partial charge is 0.245 e. The van der Waals surface area contributed by atoms with Gasteiger partial charge in [-0.1, -0.05) is 13.0 Å². The Morgan fingerprint density at radius 2 is 2.36 bits per heavy atom. The Kier molecular flexibility index (Phi) is 3.19. The van der Waals surface area contributed by atoms with Crippen LogP contribution >= 0.6 is 0 Å². The number of anilines is 1. The van der Waals surface area contributed by atoms with Gasteiger partial charge in [-0.15, -0.1) is 0 Å². The zero-order valence-electron chi connectivity index (χ0n) is 8.45. The topological polar surface area (TPSA) is 68.0 Å². The number of hydrogen-bond acceptors (Lipinski definition) is 3. The summed E-state index contributed by atoms with van der Waals surface area (Å²) in [5, 5.41) is 2.66. The molecule has 0 saturated heterocycles. The van der Waals surface area contributed by atoms with Gasteiger partial charge in [0.2, 0.25) is 5.91 Å². The van der Waals surface area contributed by atoms with Crippen LogP contribution in [0.5, 0.6) is 0 Å². The molecule has 14 heavy (non-hydrogen) atoms. The van der Waals surface area contributed by atoms with E-state index in [-0.39, 0.29) is 5.91 Å². The number of aromatic nitrogens is 1. The van der Waals surface area contributed by atoms with E-state index in [1.54, 1.807) is 25.3 Å². The maximum absolute atomic E-state index is 11.6. The number of carbonyl (C=O) groups excluding carboxylic acids is 1. The van der Waals surface area contributed by atoms with Crippen LogP contribution in [-0.2, 0) is 4.79 Å². The monoisotopic (exact) mass is 193 g/mol. The summed E-state index contributed by atoms with van der Waals surface area (Å²) >= 11 is 0. The Bertz CT molecular complexity index is 308. The van der Waals surface area contributed by atoms with Gasteiger partial charge in [0.05, 0.1) is 5.54 Å². The van der Waals surface area contributed by atoms with E-state index < -0.39 is 5.54 Å². The molecular formula is C10H15N3O. The number of hydrogen-bond donors (Lipinski definition) is 2. The van der Waals surface area contributed by atoms with E-state index in [1.165, 1.54) is 0 Å². The molecule has 1 atom stereocenters. The Balaban J connectivity index is 2.67. The summed E-state index contributed by atoms with van der Waals surface area (Å²) in [6.07, 6.45) is 2.21. The summed E-state index contributed by atoms with van der Waals surface area (Å²) in [4.78, 5) is 15.6. The highest BCUT2D eigenvalue weighted by Gasteiger charge is 2.25. The van der Waals surface area contributed by atoms with Gasteiger partial charge in [-0.25, -0.2) is 4.98 Å². The second kappa shape index (κ2) is 4.19. The average molecular weight is 193 g/mol. The number of rotatable bonds is 3. The van der Waals surface area contributed by atoms with E-state index in [1.807, 2.05) is 13.0 Å². The van der Waals surface area contributed by atoms with Crippen LogP contribution < -0.4 is 11.1 Å². The van der Waals surface area contributed by atoms with Gasteiger partial charge in [0.15, 0.2) is 0 Å². The maximum Gasteiger partial charge on any atom is 0.245 e. The lowest BCUT2D eigenvalue weighted by Gasteiger charge is -2.20. The van der Waals surface area contributed by atoms with Gasteiger partial charge >= 0.3 is 0 Å². The highest BCUT2D eigenvalue weighted by Crippen LogP contribution is 2.08. The molecule has 1 aromatic rings. The van der Waals surface area contributed by atoms with Gasteiger partial charge in [-0.3, -0.25) is 4.79 Å². The first-order chi connectivity index (χ1) is 6.56. The predicted molar refractivity (Wildman–Crippen MR) is 55.8 cm³/mol. The molecule has 0 aliphatic rings. The zero-order valence-corrected chi connectivity index (χ0v) is 8.45. The normalized spacial score (nSPS) is 14.5. The van der Waals surface area contributed by atoms with Crippen LogP contribution in [0.1, 0.15) is 20.3 Å². The van der Waals surface area contributed by atoms with Crippen molar-refractivity contribution in [2.75, 3.05) is 5.32 Å². The van der Waals surface area contributed by atoms with Crippen LogP contribution in [0.15, 0.2) is 24.4 Å². The second-order valence-corrected chi connectivity index (χ2v) is 3.44. The van der Waals surface area contributed by atoms with Gasteiger partial charge in [-0.2, -0.15) is 0 Å². The summed E-state index contributed by atoms with van der Waals surface area (Å²) < 4.78 is 0. The number of nitrogens with two attached hydrogens (primary N) is 1. The largest absolute Gasteiger partial charge is 0.318 e. The van der Waals surface area contributed by atoms with Crippen LogP contribution in [-0.4, -0.2) is 16.4 Å². The molecule has 0 bridgehead atoms. The van der Waals surface area contributed by atoms with Crippen LogP contribution in [0, 0.1) is 0 Å². The molecule has 0 saturated carbocycles. The summed E-state index contributed by atoms with van der Waals surface area (Å²) in [5.74, 6) is 0.321. The van der Waals surface area contributed by atoms with Gasteiger partial charge in [0.1, 0.15) is 5.82 Å². The molecule has 1 amide bonds. The molecule has 0 aromatic carbocycles. The van der Waals surface area contributed by atoms with E-state index in [2.05, 4.69) is 10.3 Å². The van der Waals surface area contributed by atoms with Gasteiger partial charge in [0.25, 0.3) is 0 Å². The number of pyridine rings is 1. The second-order valence-electron chi connectivity index (χ2n) is 3.44. The van der Waals surface area contributed by atoms with Crippen molar-refractivity contribution in [2.24, 2.45) is 5.73 Å². The third-order valence-electron chi connectivity index (χ3n) is 2.16. The number of carbonyl (C=O) groups is 1. The molecule has 4 nitrogen and oxygen atoms in total. The molecule has 3 N–H and O–H groups in total. The fraction of sp³-hybridized carbons (Fsp3) is 0.400. The Hall–Kier alpha value is -1.42. The van der Waals surface area contributed by atoms with Crippen molar-refractivity contribution in [1.82, 2.24) is 4.98 Å². The predicted octanol–water partition coefficient (Wildman–Crippen LogP) is 1.15. The molecule has 1 heterocycles. The first-order valence-corrected chi connectivity index (χ1v) is 4.57. The van der Waals surface area contributed by atoms with Gasteiger partial charge in [0, 0.05) is 6.20 Å². The minimum atomic E-state index is -0.836. The average Bonchev–Trinajstić information content (AvgIpc) is 2.19. The zero-order chi connectivity index (χ0) is 10.6. The fourth-order valence-corrected chi connectivity index (χ4v) is 0.856. The molecular weight excluding hydrogens is 178 g/mol. The lowest BCUT2D eigenvalue weighted by Crippen LogP contribution is -2.47. The van der Waals surface area contributed by atoms with Crippen molar-refractivity contribution < 1.29 is 4.79 Å². The molecule has 1 rings (SSSR count).